The number of nitrogens with one attached hydrogen (secondary N) is 1. The van der Waals surface area contributed by atoms with Crippen molar-refractivity contribution in [3.8, 4) is 5.75 Å². The highest BCUT2D eigenvalue weighted by Crippen LogP contribution is 2.41. The SMILES string of the molecule is O=C(C[C@H]1CN[C@@H](c2c(O)ccc(Cl)c2Cl)C1)N1CC(O)(COCCO)C1. The molecule has 2 atom stereocenters. The van der Waals surface area contributed by atoms with Crippen molar-refractivity contribution in [2.75, 3.05) is 39.5 Å². The van der Waals surface area contributed by atoms with Crippen molar-refractivity contribution in [3.63, 3.8) is 0 Å². The maximum Gasteiger partial charge on any atom is 0.223 e. The number of β-amino-alcohol motifs (C(OH)–C–C–N with tert-alkyl or cyclic N) is 1. The fraction of sp³-hybridized carbons (Fsp3) is 0.611. The number of aliphatic hydroxyl groups excluding tert-OH is 1. The van der Waals surface area contributed by atoms with Gasteiger partial charge in [0.1, 0.15) is 11.4 Å². The molecule has 7 nitrogen and oxygen atoms in total. The number of rotatable bonds is 7. The van der Waals surface area contributed by atoms with E-state index in [1.165, 1.54) is 6.07 Å². The average molecular weight is 419 g/mol. The van der Waals surface area contributed by atoms with E-state index in [1.54, 1.807) is 11.0 Å². The summed E-state index contributed by atoms with van der Waals surface area (Å²) in [5.41, 5.74) is -0.458. The monoisotopic (exact) mass is 418 g/mol. The molecule has 1 amide bonds. The molecule has 4 N–H and O–H groups in total. The molecule has 0 bridgehead atoms. The van der Waals surface area contributed by atoms with Crippen LogP contribution in [0.3, 0.4) is 0 Å². The lowest BCUT2D eigenvalue weighted by molar-refractivity contribution is -0.168. The Morgan fingerprint density at radius 3 is 2.81 bits per heavy atom. The maximum absolute atomic E-state index is 12.4. The van der Waals surface area contributed by atoms with E-state index in [9.17, 15) is 15.0 Å². The zero-order valence-corrected chi connectivity index (χ0v) is 16.3. The predicted molar refractivity (Wildman–Crippen MR) is 101 cm³/mol. The summed E-state index contributed by atoms with van der Waals surface area (Å²) < 4.78 is 5.15. The third-order valence-electron chi connectivity index (χ3n) is 5.07. The largest absolute Gasteiger partial charge is 0.508 e. The first-order valence-corrected chi connectivity index (χ1v) is 9.67. The number of phenolic OH excluding ortho intramolecular Hbond substituents is 1. The van der Waals surface area contributed by atoms with Gasteiger partial charge in [-0.3, -0.25) is 4.79 Å². The minimum absolute atomic E-state index is 0.0179. The molecule has 2 fully saturated rings. The zero-order valence-electron chi connectivity index (χ0n) is 14.8. The van der Waals surface area contributed by atoms with E-state index in [4.69, 9.17) is 33.0 Å². The predicted octanol–water partition coefficient (Wildman–Crippen LogP) is 1.32. The lowest BCUT2D eigenvalue weighted by Gasteiger charge is -2.46. The molecule has 150 valence electrons. The Morgan fingerprint density at radius 1 is 1.37 bits per heavy atom. The standard InChI is InChI=1S/C18H24Cl2N2O5/c19-12-1-2-14(24)16(17(12)20)13-5-11(7-21-13)6-15(25)22-8-18(26,9-22)10-27-4-3-23/h1-2,11,13,21,23-24,26H,3-10H2/t11-,13+/m0/s1. The molecule has 1 aromatic carbocycles. The number of nitrogens with zero attached hydrogens (tertiary/aromatic N) is 1. The average Bonchev–Trinajstić information content (AvgIpc) is 3.04. The summed E-state index contributed by atoms with van der Waals surface area (Å²) in [6.07, 6.45) is 1.02. The van der Waals surface area contributed by atoms with Crippen LogP contribution in [0.25, 0.3) is 0 Å². The minimum Gasteiger partial charge on any atom is -0.508 e. The molecule has 9 heteroatoms. The summed E-state index contributed by atoms with van der Waals surface area (Å²) in [5, 5.41) is 33.0. The molecule has 3 rings (SSSR count). The molecule has 0 unspecified atom stereocenters. The van der Waals surface area contributed by atoms with Crippen molar-refractivity contribution >= 4 is 29.1 Å². The smallest absolute Gasteiger partial charge is 0.223 e. The number of carbonyl (C=O) groups is 1. The van der Waals surface area contributed by atoms with Crippen LogP contribution in [0.1, 0.15) is 24.4 Å². The van der Waals surface area contributed by atoms with Gasteiger partial charge in [0.05, 0.1) is 43.0 Å². The number of halogens is 2. The van der Waals surface area contributed by atoms with Crippen LogP contribution >= 0.6 is 23.2 Å². The van der Waals surface area contributed by atoms with Gasteiger partial charge in [-0.05, 0) is 31.0 Å². The van der Waals surface area contributed by atoms with Gasteiger partial charge in [0.25, 0.3) is 0 Å². The van der Waals surface area contributed by atoms with Crippen molar-refractivity contribution < 1.29 is 24.9 Å². The first-order chi connectivity index (χ1) is 12.8. The number of hydrogen-bond donors (Lipinski definition) is 4. The van der Waals surface area contributed by atoms with E-state index in [0.717, 1.165) is 0 Å². The fourth-order valence-corrected chi connectivity index (χ4v) is 4.16. The summed E-state index contributed by atoms with van der Waals surface area (Å²) in [6, 6.07) is 2.91. The molecule has 2 aliphatic heterocycles. The van der Waals surface area contributed by atoms with Crippen LogP contribution in [0.2, 0.25) is 10.0 Å². The van der Waals surface area contributed by atoms with Gasteiger partial charge in [-0.25, -0.2) is 0 Å². The first-order valence-electron chi connectivity index (χ1n) is 8.92. The molecule has 2 aliphatic rings. The topological polar surface area (TPSA) is 102 Å². The van der Waals surface area contributed by atoms with Gasteiger partial charge in [0, 0.05) is 18.0 Å². The zero-order chi connectivity index (χ0) is 19.6. The van der Waals surface area contributed by atoms with Crippen molar-refractivity contribution in [1.82, 2.24) is 10.2 Å². The Hall–Kier alpha value is -1.09. The molecule has 0 saturated carbocycles. The molecule has 0 radical (unpaired) electrons. The minimum atomic E-state index is -1.03. The van der Waals surface area contributed by atoms with Gasteiger partial charge in [-0.1, -0.05) is 23.2 Å². The number of amides is 1. The maximum atomic E-state index is 12.4. The molecule has 27 heavy (non-hydrogen) atoms. The van der Waals surface area contributed by atoms with Crippen LogP contribution in [0.15, 0.2) is 12.1 Å². The van der Waals surface area contributed by atoms with E-state index in [0.29, 0.717) is 35.0 Å². The fourth-order valence-electron chi connectivity index (χ4n) is 3.71. The number of phenols is 1. The highest BCUT2D eigenvalue weighted by Gasteiger charge is 2.44. The summed E-state index contributed by atoms with van der Waals surface area (Å²) in [4.78, 5) is 14.1. The third-order valence-corrected chi connectivity index (χ3v) is 5.89. The summed E-state index contributed by atoms with van der Waals surface area (Å²) in [7, 11) is 0. The summed E-state index contributed by atoms with van der Waals surface area (Å²) in [5.74, 6) is 0.177. The Morgan fingerprint density at radius 2 is 2.11 bits per heavy atom. The molecular formula is C18H24Cl2N2O5. The lowest BCUT2D eigenvalue weighted by Crippen LogP contribution is -2.65. The summed E-state index contributed by atoms with van der Waals surface area (Å²) >= 11 is 12.3. The Kier molecular flexibility index (Phi) is 6.50. The van der Waals surface area contributed by atoms with Gasteiger partial charge in [-0.15, -0.1) is 0 Å². The number of aromatic hydroxyl groups is 1. The van der Waals surface area contributed by atoms with E-state index in [2.05, 4.69) is 5.32 Å². The molecule has 2 heterocycles. The molecular weight excluding hydrogens is 395 g/mol. The second kappa shape index (κ2) is 8.51. The van der Waals surface area contributed by atoms with E-state index in [-0.39, 0.29) is 56.5 Å². The summed E-state index contributed by atoms with van der Waals surface area (Å²) in [6.45, 7) is 1.29. The van der Waals surface area contributed by atoms with Crippen molar-refractivity contribution in [3.05, 3.63) is 27.7 Å². The second-order valence-corrected chi connectivity index (χ2v) is 8.10. The van der Waals surface area contributed by atoms with Gasteiger partial charge in [0.2, 0.25) is 5.91 Å². The van der Waals surface area contributed by atoms with Gasteiger partial charge >= 0.3 is 0 Å². The van der Waals surface area contributed by atoms with Gasteiger partial charge in [0.15, 0.2) is 0 Å². The number of hydrogen-bond acceptors (Lipinski definition) is 6. The van der Waals surface area contributed by atoms with E-state index < -0.39 is 5.60 Å². The van der Waals surface area contributed by atoms with Crippen molar-refractivity contribution in [1.29, 1.82) is 0 Å². The normalized spacial score (nSPS) is 24.1. The number of benzene rings is 1. The van der Waals surface area contributed by atoms with E-state index in [1.807, 2.05) is 0 Å². The lowest BCUT2D eigenvalue weighted by atomic mass is 9.92. The Balaban J connectivity index is 1.50. The van der Waals surface area contributed by atoms with Gasteiger partial charge < -0.3 is 30.3 Å². The Labute approximate surface area is 167 Å². The Bertz CT molecular complexity index is 697. The number of carbonyl (C=O) groups excluding carboxylic acids is 1. The highest BCUT2D eigenvalue weighted by molar-refractivity contribution is 6.42. The number of ether oxygens (including phenoxy) is 1. The molecule has 2 saturated heterocycles. The van der Waals surface area contributed by atoms with Crippen LogP contribution in [-0.2, 0) is 9.53 Å². The third kappa shape index (κ3) is 4.67. The van der Waals surface area contributed by atoms with Crippen molar-refractivity contribution in [2.24, 2.45) is 5.92 Å². The first kappa shape index (κ1) is 20.6. The molecule has 0 aliphatic carbocycles. The van der Waals surface area contributed by atoms with Crippen LogP contribution in [0.5, 0.6) is 5.75 Å². The van der Waals surface area contributed by atoms with E-state index >= 15 is 0 Å². The van der Waals surface area contributed by atoms with Crippen LogP contribution in [0, 0.1) is 5.92 Å². The highest BCUT2D eigenvalue weighted by atomic mass is 35.5. The molecule has 0 aromatic heterocycles. The van der Waals surface area contributed by atoms with Crippen LogP contribution in [0.4, 0.5) is 0 Å². The molecule has 1 aromatic rings. The van der Waals surface area contributed by atoms with Crippen molar-refractivity contribution in [2.45, 2.75) is 24.5 Å². The quantitative estimate of drug-likeness (QED) is 0.498. The second-order valence-electron chi connectivity index (χ2n) is 7.31. The number of likely N-dealkylation sites (tertiary alicyclic amines) is 1. The van der Waals surface area contributed by atoms with Gasteiger partial charge in [-0.2, -0.15) is 0 Å². The van der Waals surface area contributed by atoms with Crippen LogP contribution < -0.4 is 5.32 Å². The number of aliphatic hydroxyl groups is 2. The van der Waals surface area contributed by atoms with Crippen LogP contribution in [-0.4, -0.2) is 71.2 Å². The molecule has 0 spiro atoms.